The van der Waals surface area contributed by atoms with Crippen molar-refractivity contribution in [2.24, 2.45) is 5.92 Å². The number of nitrogens with zero attached hydrogens (tertiary/aromatic N) is 2. The second kappa shape index (κ2) is 7.68. The van der Waals surface area contributed by atoms with Gasteiger partial charge in [-0.2, -0.15) is 0 Å². The number of allylic oxidation sites excluding steroid dienone is 1. The topological polar surface area (TPSA) is 57.0 Å². The van der Waals surface area contributed by atoms with Gasteiger partial charge >= 0.3 is 0 Å². The maximum Gasteiger partial charge on any atom is 0.147 e. The number of imidazole rings is 1. The highest BCUT2D eigenvalue weighted by Gasteiger charge is 2.21. The molecule has 140 valence electrons. The predicted octanol–water partition coefficient (Wildman–Crippen LogP) is 3.94. The van der Waals surface area contributed by atoms with E-state index in [4.69, 9.17) is 14.2 Å². The molecular formula is C20H27N3O3. The van der Waals surface area contributed by atoms with Crippen molar-refractivity contribution < 1.29 is 14.2 Å². The lowest BCUT2D eigenvalue weighted by atomic mass is 9.87. The van der Waals surface area contributed by atoms with Crippen LogP contribution in [-0.4, -0.2) is 36.3 Å². The summed E-state index contributed by atoms with van der Waals surface area (Å²) in [6.07, 6.45) is 10.2. The number of anilines is 1. The number of hydrogen-bond acceptors (Lipinski definition) is 5. The maximum absolute atomic E-state index is 5.76. The average molecular weight is 357 g/mol. The first-order valence-corrected chi connectivity index (χ1v) is 9.46. The molecule has 1 saturated carbocycles. The van der Waals surface area contributed by atoms with E-state index < -0.39 is 0 Å². The Morgan fingerprint density at radius 3 is 2.85 bits per heavy atom. The second-order valence-electron chi connectivity index (χ2n) is 7.11. The summed E-state index contributed by atoms with van der Waals surface area (Å²) in [7, 11) is 1.68. The number of methoxy groups -OCH3 is 1. The van der Waals surface area contributed by atoms with Crippen LogP contribution in [0, 0.1) is 5.92 Å². The number of rotatable bonds is 5. The van der Waals surface area contributed by atoms with E-state index in [-0.39, 0.29) is 6.10 Å². The van der Waals surface area contributed by atoms with Crippen molar-refractivity contribution in [3.63, 3.8) is 0 Å². The van der Waals surface area contributed by atoms with Gasteiger partial charge in [-0.05, 0) is 18.8 Å². The zero-order chi connectivity index (χ0) is 17.9. The van der Waals surface area contributed by atoms with Crippen molar-refractivity contribution in [3.05, 3.63) is 36.4 Å². The highest BCUT2D eigenvalue weighted by molar-refractivity contribution is 5.64. The first kappa shape index (κ1) is 17.4. The van der Waals surface area contributed by atoms with Crippen molar-refractivity contribution in [2.45, 2.75) is 38.2 Å². The molecule has 2 fully saturated rings. The molecule has 6 nitrogen and oxygen atoms in total. The zero-order valence-corrected chi connectivity index (χ0v) is 15.4. The molecule has 0 spiro atoms. The van der Waals surface area contributed by atoms with Crippen LogP contribution in [0.2, 0.25) is 0 Å². The Kier molecular flexibility index (Phi) is 5.13. The van der Waals surface area contributed by atoms with Crippen LogP contribution in [0.15, 0.2) is 30.7 Å². The van der Waals surface area contributed by atoms with Crippen molar-refractivity contribution >= 4 is 11.3 Å². The average Bonchev–Trinajstić information content (AvgIpc) is 3.11. The minimum Gasteiger partial charge on any atom is -0.494 e. The first-order valence-electron chi connectivity index (χ1n) is 9.46. The van der Waals surface area contributed by atoms with Gasteiger partial charge in [-0.1, -0.05) is 25.8 Å². The summed E-state index contributed by atoms with van der Waals surface area (Å²) in [5.74, 6) is 1.31. The molecule has 0 aromatic carbocycles. The van der Waals surface area contributed by atoms with E-state index >= 15 is 0 Å². The second-order valence-corrected chi connectivity index (χ2v) is 7.11. The van der Waals surface area contributed by atoms with Gasteiger partial charge in [0, 0.05) is 24.2 Å². The van der Waals surface area contributed by atoms with E-state index in [1.165, 1.54) is 32.1 Å². The fraction of sp³-hybridized carbons (Fsp3) is 0.550. The Morgan fingerprint density at radius 1 is 1.27 bits per heavy atom. The Balaban J connectivity index is 1.58. The Hall–Kier alpha value is -2.05. The number of ether oxygens (including phenoxy) is 3. The van der Waals surface area contributed by atoms with Crippen LogP contribution in [0.3, 0.4) is 0 Å². The monoisotopic (exact) mass is 357 g/mol. The predicted molar refractivity (Wildman–Crippen MR) is 101 cm³/mol. The number of aromatic nitrogens is 2. The molecule has 1 atom stereocenters. The SMILES string of the molecule is C=C(Nc1cn2cc(C3COCCO3)nc2cc1OC)C1CCCCC1. The van der Waals surface area contributed by atoms with Gasteiger partial charge in [0.05, 0.1) is 38.3 Å². The smallest absolute Gasteiger partial charge is 0.147 e. The highest BCUT2D eigenvalue weighted by Crippen LogP contribution is 2.33. The quantitative estimate of drug-likeness (QED) is 0.878. The van der Waals surface area contributed by atoms with Crippen LogP contribution in [0.1, 0.15) is 43.9 Å². The van der Waals surface area contributed by atoms with Gasteiger partial charge in [-0.3, -0.25) is 0 Å². The number of nitrogens with one attached hydrogen (secondary N) is 1. The van der Waals surface area contributed by atoms with Crippen molar-refractivity contribution in [3.8, 4) is 5.75 Å². The molecule has 0 bridgehead atoms. The van der Waals surface area contributed by atoms with E-state index in [9.17, 15) is 0 Å². The lowest BCUT2D eigenvalue weighted by molar-refractivity contribution is -0.0916. The Morgan fingerprint density at radius 2 is 2.12 bits per heavy atom. The normalized spacial score (nSPS) is 21.7. The molecule has 1 unspecified atom stereocenters. The van der Waals surface area contributed by atoms with E-state index in [0.717, 1.165) is 28.5 Å². The summed E-state index contributed by atoms with van der Waals surface area (Å²) in [5.41, 5.74) is 3.71. The summed E-state index contributed by atoms with van der Waals surface area (Å²) in [6.45, 7) is 6.08. The number of hydrogen-bond donors (Lipinski definition) is 1. The Labute approximate surface area is 154 Å². The van der Waals surface area contributed by atoms with Crippen molar-refractivity contribution in [1.29, 1.82) is 0 Å². The molecule has 2 aromatic rings. The fourth-order valence-electron chi connectivity index (χ4n) is 3.84. The van der Waals surface area contributed by atoms with E-state index in [0.29, 0.717) is 25.7 Å². The third-order valence-corrected chi connectivity index (χ3v) is 5.33. The fourth-order valence-corrected chi connectivity index (χ4v) is 3.84. The molecule has 1 aliphatic carbocycles. The standard InChI is InChI=1S/C20H27N3O3/c1-14(15-6-4-3-5-7-15)21-16-11-23-12-17(19-13-25-8-9-26-19)22-20(23)10-18(16)24-2/h10-12,15,19,21H,1,3-9,13H2,2H3. The molecule has 6 heteroatoms. The zero-order valence-electron chi connectivity index (χ0n) is 15.4. The van der Waals surface area contributed by atoms with Gasteiger partial charge in [0.15, 0.2) is 0 Å². The minimum absolute atomic E-state index is 0.108. The van der Waals surface area contributed by atoms with Gasteiger partial charge in [0.1, 0.15) is 17.5 Å². The minimum atomic E-state index is -0.108. The van der Waals surface area contributed by atoms with Crippen LogP contribution in [0.4, 0.5) is 5.69 Å². The first-order chi connectivity index (χ1) is 12.7. The van der Waals surface area contributed by atoms with Crippen LogP contribution in [0.5, 0.6) is 5.75 Å². The van der Waals surface area contributed by atoms with Crippen LogP contribution < -0.4 is 10.1 Å². The largest absolute Gasteiger partial charge is 0.494 e. The molecule has 0 amide bonds. The summed E-state index contributed by atoms with van der Waals surface area (Å²) < 4.78 is 18.9. The van der Waals surface area contributed by atoms with Crippen molar-refractivity contribution in [1.82, 2.24) is 9.38 Å². The maximum atomic E-state index is 5.76. The molecule has 0 radical (unpaired) electrons. The molecule has 1 aliphatic heterocycles. The van der Waals surface area contributed by atoms with Gasteiger partial charge in [-0.25, -0.2) is 4.98 Å². The summed E-state index contributed by atoms with van der Waals surface area (Å²) >= 11 is 0. The summed E-state index contributed by atoms with van der Waals surface area (Å²) in [5, 5.41) is 3.49. The van der Waals surface area contributed by atoms with E-state index in [1.807, 2.05) is 22.9 Å². The van der Waals surface area contributed by atoms with E-state index in [2.05, 4.69) is 16.9 Å². The third kappa shape index (κ3) is 3.57. The van der Waals surface area contributed by atoms with Gasteiger partial charge < -0.3 is 23.9 Å². The Bertz CT molecular complexity index is 774. The number of fused-ring (bicyclic) bond motifs is 1. The molecule has 26 heavy (non-hydrogen) atoms. The molecule has 2 aromatic heterocycles. The van der Waals surface area contributed by atoms with Gasteiger partial charge in [0.2, 0.25) is 0 Å². The molecule has 1 N–H and O–H groups in total. The lowest BCUT2D eigenvalue weighted by Gasteiger charge is -2.25. The van der Waals surface area contributed by atoms with Crippen LogP contribution >= 0.6 is 0 Å². The highest BCUT2D eigenvalue weighted by atomic mass is 16.6. The van der Waals surface area contributed by atoms with E-state index in [1.54, 1.807) is 7.11 Å². The molecule has 4 rings (SSSR count). The van der Waals surface area contributed by atoms with Crippen LogP contribution in [0.25, 0.3) is 5.65 Å². The summed E-state index contributed by atoms with van der Waals surface area (Å²) in [6, 6.07) is 1.95. The molecule has 2 aliphatic rings. The third-order valence-electron chi connectivity index (χ3n) is 5.33. The molecule has 1 saturated heterocycles. The lowest BCUT2D eigenvalue weighted by Crippen LogP contribution is -2.22. The summed E-state index contributed by atoms with van der Waals surface area (Å²) in [4.78, 5) is 4.68. The molecular weight excluding hydrogens is 330 g/mol. The van der Waals surface area contributed by atoms with Crippen LogP contribution in [-0.2, 0) is 9.47 Å². The van der Waals surface area contributed by atoms with Gasteiger partial charge in [0.25, 0.3) is 0 Å². The molecule has 3 heterocycles. The van der Waals surface area contributed by atoms with Gasteiger partial charge in [-0.15, -0.1) is 0 Å². The number of pyridine rings is 1. The van der Waals surface area contributed by atoms with Crippen molar-refractivity contribution in [2.75, 3.05) is 32.2 Å².